The van der Waals surface area contributed by atoms with Gasteiger partial charge in [-0.05, 0) is 0 Å². The van der Waals surface area contributed by atoms with E-state index in [0.717, 1.165) is 0 Å². The van der Waals surface area contributed by atoms with Crippen molar-refractivity contribution in [2.75, 3.05) is 11.9 Å². The third kappa shape index (κ3) is 4.69. The second-order valence-corrected chi connectivity index (χ2v) is 6.75. The normalized spacial score (nSPS) is 46.8. The Kier molecular flexibility index (Phi) is 7.70. The minimum atomic E-state index is -1.49. The highest BCUT2D eigenvalue weighted by molar-refractivity contribution is 9.09. The minimum Gasteiger partial charge on any atom is -0.388 e. The number of hydrogen-bond donors (Lipinski definition) is 8. The van der Waals surface area contributed by atoms with Crippen molar-refractivity contribution in [1.29, 1.82) is 0 Å². The van der Waals surface area contributed by atoms with Crippen LogP contribution in [0, 0.1) is 0 Å². The number of aliphatic hydroxyl groups excluding tert-OH is 4. The minimum absolute atomic E-state index is 0.0520. The molecule has 12 nitrogen and oxygen atoms in total. The van der Waals surface area contributed by atoms with Gasteiger partial charge in [-0.1, -0.05) is 15.9 Å². The van der Waals surface area contributed by atoms with E-state index in [0.29, 0.717) is 0 Å². The van der Waals surface area contributed by atoms with E-state index in [1.807, 2.05) is 0 Å². The lowest BCUT2D eigenvalue weighted by molar-refractivity contribution is -0.313. The van der Waals surface area contributed by atoms with Gasteiger partial charge in [0.1, 0.15) is 49.1 Å². The number of hydrogen-bond acceptors (Lipinski definition) is 11. The summed E-state index contributed by atoms with van der Waals surface area (Å²) >= 11 is 2.98. The number of halogens is 1. The molecule has 0 aromatic rings. The lowest BCUT2D eigenvalue weighted by atomic mass is 9.96. The van der Waals surface area contributed by atoms with Gasteiger partial charge >= 0.3 is 0 Å². The molecule has 0 spiro atoms. The highest BCUT2D eigenvalue weighted by atomic mass is 79.9. The molecule has 4 unspecified atom stereocenters. The van der Waals surface area contributed by atoms with Gasteiger partial charge in [0.05, 0.1) is 11.4 Å². The zero-order chi connectivity index (χ0) is 19.6. The number of nitrogens with one attached hydrogen (secondary N) is 1. The van der Waals surface area contributed by atoms with Gasteiger partial charge in [-0.15, -0.1) is 0 Å². The standard InChI is InChI=1S/C13H25BrN4O8/c14-1-4(19)18-2-3-6(20)7(21)5(15)13(24-3)25-10-8(22)9(23)11(16)26-12(10)17/h3,5-13,20-23H,1-2,15-17H2,(H,18,19)/t3?,5?,6-,7+,8+,9?,10+,11+,12?,13-/m0/s1. The van der Waals surface area contributed by atoms with Gasteiger partial charge in [0, 0.05) is 6.54 Å². The van der Waals surface area contributed by atoms with Crippen LogP contribution in [0.2, 0.25) is 0 Å². The molecule has 2 aliphatic heterocycles. The van der Waals surface area contributed by atoms with Crippen molar-refractivity contribution >= 4 is 21.8 Å². The highest BCUT2D eigenvalue weighted by Gasteiger charge is 2.48. The van der Waals surface area contributed by atoms with Gasteiger partial charge in [-0.2, -0.15) is 0 Å². The first kappa shape index (κ1) is 21.8. The van der Waals surface area contributed by atoms with E-state index in [2.05, 4.69) is 21.2 Å². The first-order chi connectivity index (χ1) is 12.2. The molecule has 2 aliphatic rings. The molecule has 0 aromatic heterocycles. The molecule has 2 rings (SSSR count). The molecule has 2 fully saturated rings. The van der Waals surface area contributed by atoms with Crippen LogP contribution in [0.1, 0.15) is 0 Å². The third-order valence-electron chi connectivity index (χ3n) is 4.32. The Morgan fingerprint density at radius 3 is 2.27 bits per heavy atom. The zero-order valence-electron chi connectivity index (χ0n) is 13.7. The van der Waals surface area contributed by atoms with Gasteiger partial charge in [-0.25, -0.2) is 0 Å². The van der Waals surface area contributed by atoms with E-state index in [9.17, 15) is 25.2 Å². The van der Waals surface area contributed by atoms with Gasteiger partial charge < -0.3 is 57.2 Å². The molecular weight excluding hydrogens is 420 g/mol. The number of aliphatic hydroxyl groups is 4. The second kappa shape index (κ2) is 9.16. The maximum atomic E-state index is 11.3. The molecule has 2 heterocycles. The van der Waals surface area contributed by atoms with Crippen molar-refractivity contribution < 1.29 is 39.4 Å². The van der Waals surface area contributed by atoms with E-state index in [1.165, 1.54) is 0 Å². The Morgan fingerprint density at radius 1 is 1.00 bits per heavy atom. The smallest absolute Gasteiger partial charge is 0.230 e. The van der Waals surface area contributed by atoms with E-state index in [-0.39, 0.29) is 17.8 Å². The van der Waals surface area contributed by atoms with E-state index in [4.69, 9.17) is 31.4 Å². The summed E-state index contributed by atoms with van der Waals surface area (Å²) in [6.45, 7) is -0.113. The lowest BCUT2D eigenvalue weighted by Crippen LogP contribution is -2.68. The number of alkyl halides is 1. The SMILES string of the molecule is NC1[C@H](O[C@H]2C(N)O[C@@H](N)C(O)[C@H]2O)OC(CNC(=O)CBr)[C@H](O)[C@@H]1O. The molecule has 0 saturated carbocycles. The summed E-state index contributed by atoms with van der Waals surface area (Å²) in [5.74, 6) is -0.349. The average molecular weight is 445 g/mol. The molecule has 0 bridgehead atoms. The molecule has 11 N–H and O–H groups in total. The molecule has 13 heteroatoms. The predicted molar refractivity (Wildman–Crippen MR) is 89.4 cm³/mol. The van der Waals surface area contributed by atoms with Crippen molar-refractivity contribution in [3.8, 4) is 0 Å². The Labute approximate surface area is 157 Å². The molecule has 0 aliphatic carbocycles. The summed E-state index contributed by atoms with van der Waals surface area (Å²) in [5.41, 5.74) is 17.0. The molecule has 0 radical (unpaired) electrons. The van der Waals surface area contributed by atoms with Crippen molar-refractivity contribution in [1.82, 2.24) is 5.32 Å². The predicted octanol–water partition coefficient (Wildman–Crippen LogP) is -5.02. The van der Waals surface area contributed by atoms with Crippen LogP contribution in [0.3, 0.4) is 0 Å². The van der Waals surface area contributed by atoms with E-state index < -0.39 is 61.4 Å². The molecule has 1 amide bonds. The monoisotopic (exact) mass is 444 g/mol. The van der Waals surface area contributed by atoms with E-state index in [1.54, 1.807) is 0 Å². The van der Waals surface area contributed by atoms with Crippen LogP contribution in [0.15, 0.2) is 0 Å². The quantitative estimate of drug-likeness (QED) is 0.187. The summed E-state index contributed by atoms with van der Waals surface area (Å²) < 4.78 is 16.1. The third-order valence-corrected chi connectivity index (χ3v) is 4.83. The van der Waals surface area contributed by atoms with Crippen molar-refractivity contribution in [2.45, 2.75) is 61.4 Å². The van der Waals surface area contributed by atoms with E-state index >= 15 is 0 Å². The van der Waals surface area contributed by atoms with Crippen molar-refractivity contribution in [3.63, 3.8) is 0 Å². The summed E-state index contributed by atoms with van der Waals surface area (Å²) in [5, 5.41) is 42.6. The van der Waals surface area contributed by atoms with Crippen LogP contribution in [0.5, 0.6) is 0 Å². The highest BCUT2D eigenvalue weighted by Crippen LogP contribution is 2.26. The van der Waals surface area contributed by atoms with Crippen molar-refractivity contribution in [2.24, 2.45) is 17.2 Å². The van der Waals surface area contributed by atoms with Crippen LogP contribution in [0.4, 0.5) is 0 Å². The molecule has 2 saturated heterocycles. The average Bonchev–Trinajstić information content (AvgIpc) is 2.61. The first-order valence-corrected chi connectivity index (χ1v) is 9.07. The van der Waals surface area contributed by atoms with Gasteiger partial charge in [0.25, 0.3) is 0 Å². The topological polar surface area (TPSA) is 216 Å². The fourth-order valence-corrected chi connectivity index (χ4v) is 2.94. The summed E-state index contributed by atoms with van der Waals surface area (Å²) in [6.07, 6.45) is -11.7. The van der Waals surface area contributed by atoms with Crippen LogP contribution in [0.25, 0.3) is 0 Å². The maximum absolute atomic E-state index is 11.3. The Morgan fingerprint density at radius 2 is 1.65 bits per heavy atom. The Hall–Kier alpha value is -0.450. The summed E-state index contributed by atoms with van der Waals surface area (Å²) in [6, 6.07) is -1.18. The number of amides is 1. The van der Waals surface area contributed by atoms with Crippen LogP contribution in [-0.2, 0) is 19.0 Å². The molecular formula is C13H25BrN4O8. The van der Waals surface area contributed by atoms with Gasteiger partial charge in [-0.3, -0.25) is 4.79 Å². The molecule has 152 valence electrons. The summed E-state index contributed by atoms with van der Waals surface area (Å²) in [7, 11) is 0. The fourth-order valence-electron chi connectivity index (χ4n) is 2.74. The van der Waals surface area contributed by atoms with Crippen LogP contribution < -0.4 is 22.5 Å². The largest absolute Gasteiger partial charge is 0.388 e. The second-order valence-electron chi connectivity index (χ2n) is 6.19. The summed E-state index contributed by atoms with van der Waals surface area (Å²) in [4.78, 5) is 11.3. The van der Waals surface area contributed by atoms with Crippen LogP contribution >= 0.6 is 15.9 Å². The Balaban J connectivity index is 2.05. The molecule has 10 atom stereocenters. The number of carbonyl (C=O) groups excluding carboxylic acids is 1. The fraction of sp³-hybridized carbons (Fsp3) is 0.923. The van der Waals surface area contributed by atoms with Gasteiger partial charge in [0.2, 0.25) is 5.91 Å². The van der Waals surface area contributed by atoms with Gasteiger partial charge in [0.15, 0.2) is 6.29 Å². The molecule has 26 heavy (non-hydrogen) atoms. The number of rotatable bonds is 5. The Bertz CT molecular complexity index is 491. The number of nitrogens with two attached hydrogens (primary N) is 3. The maximum Gasteiger partial charge on any atom is 0.230 e. The van der Waals surface area contributed by atoms with Crippen LogP contribution in [-0.4, -0.2) is 99.6 Å². The van der Waals surface area contributed by atoms with Crippen molar-refractivity contribution in [3.05, 3.63) is 0 Å². The zero-order valence-corrected chi connectivity index (χ0v) is 15.3. The number of ether oxygens (including phenoxy) is 3. The first-order valence-electron chi connectivity index (χ1n) is 7.95. The molecule has 0 aromatic carbocycles. The number of carbonyl (C=O) groups is 1. The lowest BCUT2D eigenvalue weighted by Gasteiger charge is -2.45.